The number of hydrogen-bond acceptors (Lipinski definition) is 4. The van der Waals surface area contributed by atoms with Crippen molar-refractivity contribution < 1.29 is 14.3 Å². The van der Waals surface area contributed by atoms with E-state index < -0.39 is 11.8 Å². The number of anilines is 1. The van der Waals surface area contributed by atoms with E-state index >= 15 is 0 Å². The minimum atomic E-state index is -0.544. The van der Waals surface area contributed by atoms with E-state index in [1.807, 2.05) is 24.3 Å². The van der Waals surface area contributed by atoms with Gasteiger partial charge in [0.15, 0.2) is 0 Å². The third-order valence-electron chi connectivity index (χ3n) is 3.54. The van der Waals surface area contributed by atoms with Crippen molar-refractivity contribution in [2.75, 3.05) is 37.7 Å². The fourth-order valence-electron chi connectivity index (χ4n) is 2.50. The highest BCUT2D eigenvalue weighted by Gasteiger charge is 2.27. The molecule has 0 spiro atoms. The van der Waals surface area contributed by atoms with Gasteiger partial charge in [-0.3, -0.25) is 9.59 Å². The Bertz CT molecular complexity index is 526. The number of benzene rings is 1. The predicted octanol–water partition coefficient (Wildman–Crippen LogP) is -0.190. The van der Waals surface area contributed by atoms with Gasteiger partial charge in [0, 0.05) is 31.9 Å². The maximum Gasteiger partial charge on any atom is 0.316 e. The Hall–Kier alpha value is -1.92. The van der Waals surface area contributed by atoms with E-state index in [4.69, 9.17) is 4.74 Å². The van der Waals surface area contributed by atoms with Crippen LogP contribution in [0.3, 0.4) is 0 Å². The number of rotatable bonds is 2. The number of carbonyl (C=O) groups is 2. The van der Waals surface area contributed by atoms with Crippen LogP contribution in [0, 0.1) is 0 Å². The highest BCUT2D eigenvalue weighted by Crippen LogP contribution is 2.24. The van der Waals surface area contributed by atoms with Crippen LogP contribution in [0.25, 0.3) is 0 Å². The molecule has 0 radical (unpaired) electrons. The summed E-state index contributed by atoms with van der Waals surface area (Å²) in [5.74, 6) is -1.05. The molecule has 0 bridgehead atoms. The van der Waals surface area contributed by atoms with Crippen molar-refractivity contribution in [3.8, 4) is 0 Å². The molecule has 1 aromatic carbocycles. The van der Waals surface area contributed by atoms with Crippen LogP contribution in [-0.4, -0.2) is 44.6 Å². The minimum Gasteiger partial charge on any atom is -0.371 e. The molecule has 2 aliphatic heterocycles. The maximum absolute atomic E-state index is 11.9. The van der Waals surface area contributed by atoms with Crippen molar-refractivity contribution in [2.24, 2.45) is 0 Å². The molecule has 2 amide bonds. The number of carbonyl (C=O) groups excluding carboxylic acids is 2. The van der Waals surface area contributed by atoms with Gasteiger partial charge < -0.3 is 20.3 Å². The molecule has 0 saturated carbocycles. The third-order valence-corrected chi connectivity index (χ3v) is 3.54. The van der Waals surface area contributed by atoms with E-state index in [-0.39, 0.29) is 6.10 Å². The zero-order chi connectivity index (χ0) is 13.9. The highest BCUT2D eigenvalue weighted by molar-refractivity contribution is 6.41. The Labute approximate surface area is 117 Å². The summed E-state index contributed by atoms with van der Waals surface area (Å²) in [6.45, 7) is 3.28. The Morgan fingerprint density at radius 3 is 2.95 bits per heavy atom. The summed E-state index contributed by atoms with van der Waals surface area (Å²) in [5.41, 5.74) is 1.77. The Balaban J connectivity index is 1.83. The average Bonchev–Trinajstić information content (AvgIpc) is 2.51. The van der Waals surface area contributed by atoms with Crippen LogP contribution in [0.2, 0.25) is 0 Å². The van der Waals surface area contributed by atoms with E-state index in [0.717, 1.165) is 24.3 Å². The second kappa shape index (κ2) is 5.60. The smallest absolute Gasteiger partial charge is 0.316 e. The van der Waals surface area contributed by atoms with Crippen molar-refractivity contribution in [3.05, 3.63) is 29.8 Å². The molecule has 1 unspecified atom stereocenters. The summed E-state index contributed by atoms with van der Waals surface area (Å²) in [4.78, 5) is 24.8. The van der Waals surface area contributed by atoms with Crippen LogP contribution in [0.1, 0.15) is 11.7 Å². The molecule has 6 heteroatoms. The molecule has 106 valence electrons. The van der Waals surface area contributed by atoms with Gasteiger partial charge in [0.1, 0.15) is 0 Å². The van der Waals surface area contributed by atoms with Gasteiger partial charge in [0.25, 0.3) is 0 Å². The number of morpholine rings is 1. The number of nitrogens with one attached hydrogen (secondary N) is 2. The van der Waals surface area contributed by atoms with Crippen molar-refractivity contribution in [1.29, 1.82) is 0 Å². The molecule has 20 heavy (non-hydrogen) atoms. The lowest BCUT2D eigenvalue weighted by atomic mass is 10.1. The Morgan fingerprint density at radius 1 is 1.25 bits per heavy atom. The number of piperazine rings is 1. The fourth-order valence-corrected chi connectivity index (χ4v) is 2.50. The van der Waals surface area contributed by atoms with Crippen LogP contribution in [0.15, 0.2) is 24.3 Å². The molecular weight excluding hydrogens is 258 g/mol. The Kier molecular flexibility index (Phi) is 3.66. The Morgan fingerprint density at radius 2 is 2.15 bits per heavy atom. The first-order chi connectivity index (χ1) is 9.75. The van der Waals surface area contributed by atoms with Crippen LogP contribution in [-0.2, 0) is 14.3 Å². The molecule has 2 saturated heterocycles. The zero-order valence-corrected chi connectivity index (χ0v) is 11.1. The largest absolute Gasteiger partial charge is 0.371 e. The third kappa shape index (κ3) is 2.52. The van der Waals surface area contributed by atoms with Gasteiger partial charge in [-0.05, 0) is 17.7 Å². The van der Waals surface area contributed by atoms with Crippen LogP contribution >= 0.6 is 0 Å². The van der Waals surface area contributed by atoms with E-state index in [0.29, 0.717) is 19.7 Å². The molecule has 1 aromatic rings. The lowest BCUT2D eigenvalue weighted by molar-refractivity contribution is -0.138. The molecule has 3 rings (SSSR count). The van der Waals surface area contributed by atoms with Gasteiger partial charge in [-0.25, -0.2) is 0 Å². The van der Waals surface area contributed by atoms with Gasteiger partial charge in [-0.1, -0.05) is 12.1 Å². The van der Waals surface area contributed by atoms with E-state index in [2.05, 4.69) is 10.6 Å². The highest BCUT2D eigenvalue weighted by atomic mass is 16.5. The molecule has 0 aromatic heterocycles. The van der Waals surface area contributed by atoms with Crippen LogP contribution in [0.4, 0.5) is 5.69 Å². The average molecular weight is 275 g/mol. The molecule has 0 aliphatic carbocycles. The van der Waals surface area contributed by atoms with E-state index in [9.17, 15) is 9.59 Å². The first-order valence-corrected chi connectivity index (χ1v) is 6.78. The number of amides is 2. The lowest BCUT2D eigenvalue weighted by Crippen LogP contribution is -2.52. The topological polar surface area (TPSA) is 70.7 Å². The molecule has 2 fully saturated rings. The summed E-state index contributed by atoms with van der Waals surface area (Å²) in [6, 6.07) is 7.64. The quantitative estimate of drug-likeness (QED) is 0.734. The summed E-state index contributed by atoms with van der Waals surface area (Å²) in [7, 11) is 0. The summed E-state index contributed by atoms with van der Waals surface area (Å²) in [5, 5.41) is 5.82. The van der Waals surface area contributed by atoms with E-state index in [1.165, 1.54) is 4.90 Å². The molecule has 6 nitrogen and oxygen atoms in total. The summed E-state index contributed by atoms with van der Waals surface area (Å²) >= 11 is 0. The van der Waals surface area contributed by atoms with Crippen molar-refractivity contribution >= 4 is 17.5 Å². The normalized spacial score (nSPS) is 23.6. The van der Waals surface area contributed by atoms with Gasteiger partial charge in [0.2, 0.25) is 0 Å². The number of ether oxygens (including phenoxy) is 1. The van der Waals surface area contributed by atoms with Gasteiger partial charge in [-0.15, -0.1) is 0 Å². The SMILES string of the molecule is O=C1NCCN(c2cccc(C3CNCCO3)c2)C1=O. The maximum atomic E-state index is 11.9. The molecule has 2 N–H and O–H groups in total. The zero-order valence-electron chi connectivity index (χ0n) is 11.1. The monoisotopic (exact) mass is 275 g/mol. The lowest BCUT2D eigenvalue weighted by Gasteiger charge is -2.28. The number of nitrogens with zero attached hydrogens (tertiary/aromatic N) is 1. The first kappa shape index (κ1) is 13.1. The van der Waals surface area contributed by atoms with Crippen molar-refractivity contribution in [2.45, 2.75) is 6.10 Å². The summed E-state index contributed by atoms with van der Waals surface area (Å²) < 4.78 is 5.71. The summed E-state index contributed by atoms with van der Waals surface area (Å²) in [6.07, 6.45) is -0.00239. The molecule has 1 atom stereocenters. The van der Waals surface area contributed by atoms with Crippen LogP contribution < -0.4 is 15.5 Å². The van der Waals surface area contributed by atoms with Gasteiger partial charge in [-0.2, -0.15) is 0 Å². The fraction of sp³-hybridized carbons (Fsp3) is 0.429. The van der Waals surface area contributed by atoms with Crippen molar-refractivity contribution in [3.63, 3.8) is 0 Å². The number of hydrogen-bond donors (Lipinski definition) is 2. The van der Waals surface area contributed by atoms with E-state index in [1.54, 1.807) is 0 Å². The van der Waals surface area contributed by atoms with Crippen molar-refractivity contribution in [1.82, 2.24) is 10.6 Å². The molecule has 2 aliphatic rings. The van der Waals surface area contributed by atoms with Gasteiger partial charge >= 0.3 is 11.8 Å². The van der Waals surface area contributed by atoms with Crippen LogP contribution in [0.5, 0.6) is 0 Å². The molecule has 2 heterocycles. The second-order valence-corrected chi connectivity index (χ2v) is 4.87. The van der Waals surface area contributed by atoms with Gasteiger partial charge in [0.05, 0.1) is 12.7 Å². The first-order valence-electron chi connectivity index (χ1n) is 6.78. The minimum absolute atomic E-state index is 0.00239. The standard InChI is InChI=1S/C14H17N3O3/c18-13-14(19)17(6-4-16-13)11-3-1-2-10(8-11)12-9-15-5-7-20-12/h1-3,8,12,15H,4-7,9H2,(H,16,18). The molecular formula is C14H17N3O3. The second-order valence-electron chi connectivity index (χ2n) is 4.87. The predicted molar refractivity (Wildman–Crippen MR) is 73.4 cm³/mol.